The number of nitrogens with one attached hydrogen (secondary N) is 1. The summed E-state index contributed by atoms with van der Waals surface area (Å²) in [6, 6.07) is 3.41. The zero-order valence-corrected chi connectivity index (χ0v) is 12.2. The second-order valence-electron chi connectivity index (χ2n) is 3.61. The normalized spacial score (nSPS) is 11.5. The Morgan fingerprint density at radius 3 is 2.41 bits per heavy atom. The Labute approximate surface area is 116 Å². The molecule has 0 aliphatic carbocycles. The van der Waals surface area contributed by atoms with Gasteiger partial charge in [0.05, 0.1) is 20.8 Å². The maximum absolute atomic E-state index is 6.04. The second-order valence-corrected chi connectivity index (χ2v) is 4.77. The van der Waals surface area contributed by atoms with E-state index in [1.165, 1.54) is 0 Å². The minimum Gasteiger partial charge on any atom is -0.365 e. The maximum atomic E-state index is 6.04. The number of rotatable bonds is 3. The number of hydrogen-bond acceptors (Lipinski definition) is 2. The molecule has 0 spiro atoms. The van der Waals surface area contributed by atoms with Crippen molar-refractivity contribution >= 4 is 46.3 Å². The predicted octanol–water partition coefficient (Wildman–Crippen LogP) is 4.34. The van der Waals surface area contributed by atoms with Crippen molar-refractivity contribution in [1.29, 1.82) is 0 Å². The molecular weight excluding hydrogens is 281 g/mol. The lowest BCUT2D eigenvalue weighted by atomic mass is 10.3. The van der Waals surface area contributed by atoms with E-state index in [1.807, 2.05) is 25.9 Å². The number of nitrogens with zero attached hydrogens (tertiary/aromatic N) is 2. The average molecular weight is 295 g/mol. The summed E-state index contributed by atoms with van der Waals surface area (Å²) in [4.78, 5) is 1.93. The van der Waals surface area contributed by atoms with Crippen LogP contribution in [0.5, 0.6) is 0 Å². The zero-order valence-electron chi connectivity index (χ0n) is 9.89. The molecule has 0 saturated heterocycles. The Morgan fingerprint density at radius 2 is 1.88 bits per heavy atom. The van der Waals surface area contributed by atoms with Crippen LogP contribution in [0.15, 0.2) is 17.2 Å². The highest BCUT2D eigenvalue weighted by atomic mass is 35.5. The lowest BCUT2D eigenvalue weighted by Gasteiger charge is -2.14. The number of anilines is 1. The van der Waals surface area contributed by atoms with Gasteiger partial charge < -0.3 is 4.90 Å². The van der Waals surface area contributed by atoms with Gasteiger partial charge in [0.25, 0.3) is 0 Å². The summed E-state index contributed by atoms with van der Waals surface area (Å²) in [7, 11) is 3.86. The SMILES string of the molecule is CC/C(=N\Nc1ccc(Cl)c(Cl)c1Cl)N(C)C. The van der Waals surface area contributed by atoms with Crippen LogP contribution in [0.2, 0.25) is 15.1 Å². The van der Waals surface area contributed by atoms with Crippen molar-refractivity contribution < 1.29 is 0 Å². The highest BCUT2D eigenvalue weighted by Gasteiger charge is 2.08. The van der Waals surface area contributed by atoms with Crippen LogP contribution >= 0.6 is 34.8 Å². The Balaban J connectivity index is 2.93. The first-order valence-corrected chi connectivity index (χ1v) is 6.24. The van der Waals surface area contributed by atoms with E-state index in [2.05, 4.69) is 10.5 Å². The molecule has 1 rings (SSSR count). The Kier molecular flexibility index (Phi) is 5.37. The van der Waals surface area contributed by atoms with Crippen LogP contribution in [0, 0.1) is 0 Å². The molecule has 0 aliphatic heterocycles. The molecular formula is C11H14Cl3N3. The third kappa shape index (κ3) is 3.66. The zero-order chi connectivity index (χ0) is 13.0. The average Bonchev–Trinajstić information content (AvgIpc) is 2.29. The van der Waals surface area contributed by atoms with Crippen molar-refractivity contribution in [1.82, 2.24) is 4.90 Å². The van der Waals surface area contributed by atoms with Gasteiger partial charge in [0.1, 0.15) is 5.84 Å². The smallest absolute Gasteiger partial charge is 0.124 e. The maximum Gasteiger partial charge on any atom is 0.124 e. The van der Waals surface area contributed by atoms with Crippen LogP contribution in [-0.2, 0) is 0 Å². The van der Waals surface area contributed by atoms with Crippen LogP contribution in [0.1, 0.15) is 13.3 Å². The summed E-state index contributed by atoms with van der Waals surface area (Å²) in [5.74, 6) is 0.909. The van der Waals surface area contributed by atoms with Crippen molar-refractivity contribution in [3.63, 3.8) is 0 Å². The topological polar surface area (TPSA) is 27.6 Å². The molecule has 0 bridgehead atoms. The van der Waals surface area contributed by atoms with Gasteiger partial charge in [-0.1, -0.05) is 41.7 Å². The van der Waals surface area contributed by atoms with Gasteiger partial charge in [-0.25, -0.2) is 0 Å². The van der Waals surface area contributed by atoms with Gasteiger partial charge >= 0.3 is 0 Å². The first kappa shape index (κ1) is 14.4. The third-order valence-electron chi connectivity index (χ3n) is 2.17. The molecule has 0 amide bonds. The van der Waals surface area contributed by atoms with Crippen LogP contribution < -0.4 is 5.43 Å². The summed E-state index contributed by atoms with van der Waals surface area (Å²) in [6.07, 6.45) is 0.818. The van der Waals surface area contributed by atoms with E-state index >= 15 is 0 Å². The number of amidine groups is 1. The van der Waals surface area contributed by atoms with Gasteiger partial charge in [-0.2, -0.15) is 5.10 Å². The van der Waals surface area contributed by atoms with Gasteiger partial charge in [0.15, 0.2) is 0 Å². The summed E-state index contributed by atoms with van der Waals surface area (Å²) >= 11 is 17.8. The highest BCUT2D eigenvalue weighted by Crippen LogP contribution is 2.35. The molecule has 0 atom stereocenters. The monoisotopic (exact) mass is 293 g/mol. The fourth-order valence-electron chi connectivity index (χ4n) is 1.23. The second kappa shape index (κ2) is 6.34. The predicted molar refractivity (Wildman–Crippen MR) is 76.5 cm³/mol. The summed E-state index contributed by atoms with van der Waals surface area (Å²) in [6.45, 7) is 2.02. The molecule has 0 radical (unpaired) electrons. The van der Waals surface area contributed by atoms with Crippen LogP contribution in [0.25, 0.3) is 0 Å². The number of halogens is 3. The molecule has 1 aromatic carbocycles. The Hall–Kier alpha value is -0.640. The summed E-state index contributed by atoms with van der Waals surface area (Å²) in [5, 5.41) is 5.38. The highest BCUT2D eigenvalue weighted by molar-refractivity contribution is 6.49. The van der Waals surface area contributed by atoms with E-state index in [1.54, 1.807) is 12.1 Å². The molecule has 3 nitrogen and oxygen atoms in total. The standard InChI is InChI=1S/C11H14Cl3N3/c1-4-9(17(2)3)16-15-8-6-5-7(12)10(13)11(8)14/h5-6,15H,4H2,1-3H3/b16-9+. The molecule has 0 aliphatic rings. The van der Waals surface area contributed by atoms with Crippen molar-refractivity contribution in [2.75, 3.05) is 19.5 Å². The number of hydrazone groups is 1. The first-order valence-electron chi connectivity index (χ1n) is 5.10. The molecule has 0 unspecified atom stereocenters. The lowest BCUT2D eigenvalue weighted by Crippen LogP contribution is -2.22. The quantitative estimate of drug-likeness (QED) is 0.388. The summed E-state index contributed by atoms with van der Waals surface area (Å²) in [5.41, 5.74) is 3.52. The van der Waals surface area contributed by atoms with Crippen LogP contribution in [-0.4, -0.2) is 24.8 Å². The van der Waals surface area contributed by atoms with E-state index in [9.17, 15) is 0 Å². The molecule has 6 heteroatoms. The lowest BCUT2D eigenvalue weighted by molar-refractivity contribution is 0.606. The largest absolute Gasteiger partial charge is 0.365 e. The fourth-order valence-corrected chi connectivity index (χ4v) is 1.81. The van der Waals surface area contributed by atoms with Crippen molar-refractivity contribution in [3.8, 4) is 0 Å². The first-order chi connectivity index (χ1) is 7.97. The van der Waals surface area contributed by atoms with Gasteiger partial charge in [-0.05, 0) is 12.1 Å². The van der Waals surface area contributed by atoms with E-state index < -0.39 is 0 Å². The van der Waals surface area contributed by atoms with E-state index in [4.69, 9.17) is 34.8 Å². The number of benzene rings is 1. The summed E-state index contributed by atoms with van der Waals surface area (Å²) < 4.78 is 0. The van der Waals surface area contributed by atoms with Crippen molar-refractivity contribution in [2.45, 2.75) is 13.3 Å². The molecule has 0 fully saturated rings. The van der Waals surface area contributed by atoms with E-state index in [-0.39, 0.29) is 0 Å². The van der Waals surface area contributed by atoms with Crippen LogP contribution in [0.3, 0.4) is 0 Å². The van der Waals surface area contributed by atoms with Gasteiger partial charge in [0.2, 0.25) is 0 Å². The van der Waals surface area contributed by atoms with Crippen LogP contribution in [0.4, 0.5) is 5.69 Å². The van der Waals surface area contributed by atoms with Gasteiger partial charge in [-0.3, -0.25) is 5.43 Å². The van der Waals surface area contributed by atoms with E-state index in [0.29, 0.717) is 20.8 Å². The molecule has 1 N–H and O–H groups in total. The van der Waals surface area contributed by atoms with Gasteiger partial charge in [0, 0.05) is 20.5 Å². The minimum atomic E-state index is 0.330. The molecule has 17 heavy (non-hydrogen) atoms. The fraction of sp³-hybridized carbons (Fsp3) is 0.364. The molecule has 0 heterocycles. The van der Waals surface area contributed by atoms with E-state index in [0.717, 1.165) is 12.3 Å². The molecule has 0 aromatic heterocycles. The van der Waals surface area contributed by atoms with Gasteiger partial charge in [-0.15, -0.1) is 0 Å². The molecule has 1 aromatic rings. The Morgan fingerprint density at radius 1 is 1.24 bits per heavy atom. The minimum absolute atomic E-state index is 0.330. The third-order valence-corrected chi connectivity index (χ3v) is 3.47. The van der Waals surface area contributed by atoms with Crippen molar-refractivity contribution in [2.24, 2.45) is 5.10 Å². The number of hydrogen-bond donors (Lipinski definition) is 1. The Bertz CT molecular complexity index is 430. The van der Waals surface area contributed by atoms with Crippen molar-refractivity contribution in [3.05, 3.63) is 27.2 Å². The molecule has 0 saturated carbocycles. The molecule has 94 valence electrons.